The van der Waals surface area contributed by atoms with Crippen LogP contribution in [0.2, 0.25) is 5.02 Å². The van der Waals surface area contributed by atoms with E-state index in [2.05, 4.69) is 27.8 Å². The zero-order valence-electron chi connectivity index (χ0n) is 28.2. The summed E-state index contributed by atoms with van der Waals surface area (Å²) in [6.07, 6.45) is 7.20. The molecule has 7 nitrogen and oxygen atoms in total. The van der Waals surface area contributed by atoms with E-state index in [1.165, 1.54) is 11.1 Å². The first-order valence-electron chi connectivity index (χ1n) is 17.9. The molecule has 2 aromatic rings. The number of fused-ring (bicyclic) bond motifs is 4. The molecule has 1 saturated heterocycles. The van der Waals surface area contributed by atoms with E-state index in [1.807, 2.05) is 25.1 Å². The molecule has 2 N–H and O–H groups in total. The van der Waals surface area contributed by atoms with Crippen LogP contribution in [0.15, 0.2) is 36.4 Å². The van der Waals surface area contributed by atoms with Gasteiger partial charge in [0.05, 0.1) is 36.2 Å². The number of nitrogens with zero attached hydrogens (tertiary/aromatic N) is 2. The Morgan fingerprint density at radius 2 is 1.85 bits per heavy atom. The highest BCUT2D eigenvalue weighted by molar-refractivity contribution is 7.90. The molecular formula is C37H50ClF2N3O4S. The minimum Gasteiger partial charge on any atom is -0.490 e. The average molecular weight is 706 g/mol. The van der Waals surface area contributed by atoms with Crippen molar-refractivity contribution >= 4 is 27.3 Å². The number of halogens is 3. The summed E-state index contributed by atoms with van der Waals surface area (Å²) in [6.45, 7) is 5.86. The summed E-state index contributed by atoms with van der Waals surface area (Å²) in [5.74, 6) is -1.70. The van der Waals surface area contributed by atoms with E-state index in [0.717, 1.165) is 67.2 Å². The fraction of sp³-hybridized carbons (Fsp3) is 0.676. The molecule has 7 rings (SSSR count). The van der Waals surface area contributed by atoms with Gasteiger partial charge in [-0.1, -0.05) is 37.1 Å². The largest absolute Gasteiger partial charge is 0.490 e. The smallest absolute Gasteiger partial charge is 0.272 e. The van der Waals surface area contributed by atoms with Gasteiger partial charge in [-0.2, -0.15) is 0 Å². The molecule has 2 fully saturated rings. The van der Waals surface area contributed by atoms with Crippen LogP contribution in [0.1, 0.15) is 81.9 Å². The Morgan fingerprint density at radius 3 is 2.60 bits per heavy atom. The van der Waals surface area contributed by atoms with Crippen molar-refractivity contribution in [3.63, 3.8) is 0 Å². The lowest BCUT2D eigenvalue weighted by molar-refractivity contribution is -0.146. The van der Waals surface area contributed by atoms with Gasteiger partial charge in [0, 0.05) is 36.6 Å². The maximum atomic E-state index is 13.7. The number of aliphatic hydroxyl groups is 1. The SMILES string of the molecule is C[C@@H]1[C@@H](C)CCC[C@](O)(CCN2CC(F)(F)C2)[C@@H]2CC[C@H]2CN2C[C@@]3(CCCc4cc(Cl)ccc43)COc3ccc(cc32)CNS1(=O)=O. The van der Waals surface area contributed by atoms with Crippen molar-refractivity contribution in [1.82, 2.24) is 9.62 Å². The third-order valence-electron chi connectivity index (χ3n) is 12.5. The van der Waals surface area contributed by atoms with Crippen molar-refractivity contribution in [2.45, 2.75) is 100 Å². The number of hydrogen-bond donors (Lipinski definition) is 2. The summed E-state index contributed by atoms with van der Waals surface area (Å²) in [7, 11) is -3.60. The van der Waals surface area contributed by atoms with Crippen LogP contribution in [0.25, 0.3) is 0 Å². The molecule has 0 aromatic heterocycles. The maximum absolute atomic E-state index is 13.7. The number of aryl methyl sites for hydroxylation is 1. The Balaban J connectivity index is 1.24. The lowest BCUT2D eigenvalue weighted by atomic mass is 9.61. The Morgan fingerprint density at radius 1 is 1.04 bits per heavy atom. The van der Waals surface area contributed by atoms with Gasteiger partial charge in [-0.25, -0.2) is 21.9 Å². The number of likely N-dealkylation sites (tertiary alicyclic amines) is 1. The Bertz CT molecular complexity index is 1620. The van der Waals surface area contributed by atoms with E-state index in [1.54, 1.807) is 11.8 Å². The van der Waals surface area contributed by atoms with E-state index in [9.17, 15) is 22.3 Å². The van der Waals surface area contributed by atoms with Crippen LogP contribution in [0.4, 0.5) is 14.5 Å². The van der Waals surface area contributed by atoms with Crippen LogP contribution in [0, 0.1) is 17.8 Å². The van der Waals surface area contributed by atoms with Gasteiger partial charge in [0.15, 0.2) is 0 Å². The summed E-state index contributed by atoms with van der Waals surface area (Å²) in [6, 6.07) is 12.2. The van der Waals surface area contributed by atoms with Crippen molar-refractivity contribution in [3.8, 4) is 5.75 Å². The maximum Gasteiger partial charge on any atom is 0.272 e. The van der Waals surface area contributed by atoms with E-state index < -0.39 is 26.8 Å². The minimum absolute atomic E-state index is 0.0366. The second kappa shape index (κ2) is 13.0. The van der Waals surface area contributed by atoms with Gasteiger partial charge in [-0.3, -0.25) is 4.90 Å². The van der Waals surface area contributed by atoms with E-state index >= 15 is 0 Å². The Labute approximate surface area is 289 Å². The molecule has 0 amide bonds. The number of sulfonamides is 1. The van der Waals surface area contributed by atoms with Gasteiger partial charge in [-0.15, -0.1) is 0 Å². The zero-order valence-corrected chi connectivity index (χ0v) is 29.8. The van der Waals surface area contributed by atoms with Crippen LogP contribution in [-0.4, -0.2) is 74.5 Å². The number of nitrogens with one attached hydrogen (secondary N) is 1. The summed E-state index contributed by atoms with van der Waals surface area (Å²) in [4.78, 5) is 4.18. The van der Waals surface area contributed by atoms with Crippen LogP contribution < -0.4 is 14.4 Å². The van der Waals surface area contributed by atoms with Crippen molar-refractivity contribution in [1.29, 1.82) is 0 Å². The summed E-state index contributed by atoms with van der Waals surface area (Å²) < 4.78 is 63.8. The van der Waals surface area contributed by atoms with Gasteiger partial charge in [0.25, 0.3) is 5.92 Å². The number of hydrogen-bond acceptors (Lipinski definition) is 6. The monoisotopic (exact) mass is 705 g/mol. The first-order chi connectivity index (χ1) is 22.8. The Kier molecular flexibility index (Phi) is 9.31. The van der Waals surface area contributed by atoms with Crippen molar-refractivity contribution in [3.05, 3.63) is 58.1 Å². The topological polar surface area (TPSA) is 82.1 Å². The van der Waals surface area contributed by atoms with Crippen molar-refractivity contribution < 1.29 is 27.0 Å². The van der Waals surface area contributed by atoms with Gasteiger partial charge in [0.2, 0.25) is 10.0 Å². The number of benzene rings is 2. The van der Waals surface area contributed by atoms with Crippen LogP contribution in [0.5, 0.6) is 5.75 Å². The van der Waals surface area contributed by atoms with E-state index in [0.29, 0.717) is 38.8 Å². The van der Waals surface area contributed by atoms with Gasteiger partial charge < -0.3 is 14.7 Å². The Hall–Kier alpha value is -1.98. The highest BCUT2D eigenvalue weighted by atomic mass is 35.5. The molecule has 1 spiro atoms. The molecule has 3 aliphatic heterocycles. The second-order valence-corrected chi connectivity index (χ2v) is 18.3. The number of rotatable bonds is 3. The molecule has 48 heavy (non-hydrogen) atoms. The normalized spacial score (nSPS) is 34.9. The van der Waals surface area contributed by atoms with Crippen LogP contribution in [0.3, 0.4) is 0 Å². The van der Waals surface area contributed by atoms with Gasteiger partial charge in [-0.05, 0) is 117 Å². The fourth-order valence-electron chi connectivity index (χ4n) is 9.25. The third-order valence-corrected chi connectivity index (χ3v) is 14.7. The molecule has 1 saturated carbocycles. The van der Waals surface area contributed by atoms with Gasteiger partial charge in [0.1, 0.15) is 5.75 Å². The van der Waals surface area contributed by atoms with Gasteiger partial charge >= 0.3 is 0 Å². The quantitative estimate of drug-likeness (QED) is 0.378. The molecular weight excluding hydrogens is 656 g/mol. The summed E-state index contributed by atoms with van der Waals surface area (Å²) >= 11 is 6.45. The molecule has 3 heterocycles. The highest BCUT2D eigenvalue weighted by Crippen LogP contribution is 2.50. The number of ether oxygens (including phenoxy) is 1. The first kappa shape index (κ1) is 34.5. The van der Waals surface area contributed by atoms with Crippen LogP contribution in [-0.2, 0) is 28.4 Å². The standard InChI is InChI=1S/C37H50ClF2N3O4S/c1-25-5-3-14-36(44,15-16-42-22-37(39,40)23-42)32-10-8-29(32)20-43-21-35(13-4-6-28-18-30(38)9-11-31(28)35)24-47-34-12-7-27(17-33(34)43)19-41-48(45,46)26(25)2/h7,9,11-12,17-18,25-26,29,32,41,44H,3-6,8,10,13-16,19-24H2,1-2H3/t25-,26+,29-,32+,35-,36-/m0/s1. The zero-order chi connectivity index (χ0) is 33.9. The number of anilines is 1. The molecule has 2 bridgehead atoms. The summed E-state index contributed by atoms with van der Waals surface area (Å²) in [5, 5.41) is 12.6. The van der Waals surface area contributed by atoms with Crippen molar-refractivity contribution in [2.24, 2.45) is 17.8 Å². The molecule has 2 aromatic carbocycles. The summed E-state index contributed by atoms with van der Waals surface area (Å²) in [5.41, 5.74) is 3.12. The van der Waals surface area contributed by atoms with Crippen molar-refractivity contribution in [2.75, 3.05) is 44.2 Å². The fourth-order valence-corrected chi connectivity index (χ4v) is 10.8. The van der Waals surface area contributed by atoms with E-state index in [4.69, 9.17) is 16.3 Å². The molecule has 2 aliphatic carbocycles. The molecule has 6 atom stereocenters. The lowest BCUT2D eigenvalue weighted by Crippen LogP contribution is -2.58. The average Bonchev–Trinajstić information content (AvgIpc) is 3.16. The molecule has 5 aliphatic rings. The predicted octanol–water partition coefficient (Wildman–Crippen LogP) is 6.54. The van der Waals surface area contributed by atoms with Crippen LogP contribution >= 0.6 is 11.6 Å². The minimum atomic E-state index is -3.60. The first-order valence-corrected chi connectivity index (χ1v) is 19.8. The number of alkyl halides is 2. The highest BCUT2D eigenvalue weighted by Gasteiger charge is 2.50. The third kappa shape index (κ3) is 6.73. The molecule has 11 heteroatoms. The molecule has 0 radical (unpaired) electrons. The van der Waals surface area contributed by atoms with E-state index in [-0.39, 0.29) is 42.8 Å². The second-order valence-electron chi connectivity index (χ2n) is 15.7. The lowest BCUT2D eigenvalue weighted by Gasteiger charge is -2.51. The predicted molar refractivity (Wildman–Crippen MR) is 186 cm³/mol. The molecule has 0 unspecified atom stereocenters. The molecule has 264 valence electrons.